The predicted octanol–water partition coefficient (Wildman–Crippen LogP) is 0.593. The fourth-order valence-electron chi connectivity index (χ4n) is 1.99. The third-order valence-electron chi connectivity index (χ3n) is 2.80. The Bertz CT molecular complexity index is 200. The Kier molecular flexibility index (Phi) is 1.28. The number of rotatable bonds is 0. The summed E-state index contributed by atoms with van der Waals surface area (Å²) in [6, 6.07) is 0. The van der Waals surface area contributed by atoms with Gasteiger partial charge in [0.15, 0.2) is 0 Å². The van der Waals surface area contributed by atoms with E-state index in [1.54, 1.807) is 0 Å². The summed E-state index contributed by atoms with van der Waals surface area (Å²) in [4.78, 5) is 22.2. The van der Waals surface area contributed by atoms with Gasteiger partial charge in [-0.1, -0.05) is 19.3 Å². The zero-order valence-corrected chi connectivity index (χ0v) is 6.35. The van der Waals surface area contributed by atoms with Gasteiger partial charge >= 0.3 is 0 Å². The molecule has 0 aromatic rings. The average molecular weight is 153 g/mol. The molecule has 11 heavy (non-hydrogen) atoms. The zero-order chi connectivity index (χ0) is 7.90. The van der Waals surface area contributed by atoms with E-state index in [0.717, 1.165) is 25.7 Å². The summed E-state index contributed by atoms with van der Waals surface area (Å²) in [5.41, 5.74) is -0.571. The molecule has 0 atom stereocenters. The first-order valence-corrected chi connectivity index (χ1v) is 4.12. The van der Waals surface area contributed by atoms with E-state index >= 15 is 0 Å². The molecule has 1 aliphatic carbocycles. The Morgan fingerprint density at radius 2 is 1.55 bits per heavy atom. The number of hydrogen-bond donors (Lipinski definition) is 1. The lowest BCUT2D eigenvalue weighted by Crippen LogP contribution is -2.64. The maximum absolute atomic E-state index is 11.1. The number of hydrogen-bond acceptors (Lipinski definition) is 2. The summed E-state index contributed by atoms with van der Waals surface area (Å²) >= 11 is 0. The van der Waals surface area contributed by atoms with Crippen LogP contribution in [0.1, 0.15) is 32.1 Å². The molecule has 60 valence electrons. The van der Waals surface area contributed by atoms with E-state index in [1.165, 1.54) is 6.42 Å². The molecule has 3 nitrogen and oxygen atoms in total. The summed E-state index contributed by atoms with van der Waals surface area (Å²) in [5, 5.41) is 2.29. The number of β-lactam (4-membered cyclic amide) rings is 2. The normalized spacial score (nSPS) is 28.0. The Hall–Kier alpha value is -0.860. The minimum atomic E-state index is -0.571. The van der Waals surface area contributed by atoms with Crippen molar-refractivity contribution >= 4 is 11.8 Å². The molecule has 0 aromatic heterocycles. The van der Waals surface area contributed by atoms with E-state index in [9.17, 15) is 9.59 Å². The molecule has 2 rings (SSSR count). The first-order valence-electron chi connectivity index (χ1n) is 4.12. The van der Waals surface area contributed by atoms with Crippen molar-refractivity contribution in [2.24, 2.45) is 5.41 Å². The molecule has 1 aliphatic heterocycles. The smallest absolute Gasteiger partial charge is 0.242 e. The van der Waals surface area contributed by atoms with Crippen LogP contribution in [-0.2, 0) is 9.59 Å². The van der Waals surface area contributed by atoms with Gasteiger partial charge in [0, 0.05) is 0 Å². The quantitative estimate of drug-likeness (QED) is 0.409. The van der Waals surface area contributed by atoms with Gasteiger partial charge in [0.2, 0.25) is 11.8 Å². The van der Waals surface area contributed by atoms with Crippen LogP contribution in [0.15, 0.2) is 0 Å². The lowest BCUT2D eigenvalue weighted by molar-refractivity contribution is -0.160. The number of amides is 2. The number of imide groups is 1. The van der Waals surface area contributed by atoms with Crippen molar-refractivity contribution in [3.63, 3.8) is 0 Å². The van der Waals surface area contributed by atoms with E-state index in [-0.39, 0.29) is 11.8 Å². The molecular formula is C8H11NO2. The molecule has 0 aromatic carbocycles. The lowest BCUT2D eigenvalue weighted by Gasteiger charge is -2.40. The van der Waals surface area contributed by atoms with Crippen molar-refractivity contribution in [2.75, 3.05) is 0 Å². The average Bonchev–Trinajstić information content (AvgIpc) is 2.07. The van der Waals surface area contributed by atoms with Gasteiger partial charge in [-0.15, -0.1) is 0 Å². The summed E-state index contributed by atoms with van der Waals surface area (Å²) in [5.74, 6) is -0.0793. The third-order valence-corrected chi connectivity index (χ3v) is 2.80. The van der Waals surface area contributed by atoms with Gasteiger partial charge in [-0.05, 0) is 12.8 Å². The van der Waals surface area contributed by atoms with E-state index in [0.29, 0.717) is 0 Å². The minimum Gasteiger partial charge on any atom is -0.295 e. The van der Waals surface area contributed by atoms with E-state index < -0.39 is 5.41 Å². The van der Waals surface area contributed by atoms with Crippen LogP contribution in [0.3, 0.4) is 0 Å². The molecule has 0 bridgehead atoms. The fraction of sp³-hybridized carbons (Fsp3) is 0.750. The standard InChI is InChI=1S/C8H11NO2/c10-6-8(7(11)9-6)4-2-1-3-5-8/h1-5H2,(H,9,10,11). The third kappa shape index (κ3) is 0.737. The van der Waals surface area contributed by atoms with Gasteiger partial charge in [0.25, 0.3) is 0 Å². The summed E-state index contributed by atoms with van der Waals surface area (Å²) in [7, 11) is 0. The monoisotopic (exact) mass is 153 g/mol. The molecular weight excluding hydrogens is 142 g/mol. The van der Waals surface area contributed by atoms with Crippen molar-refractivity contribution in [1.82, 2.24) is 5.32 Å². The maximum Gasteiger partial charge on any atom is 0.242 e. The van der Waals surface area contributed by atoms with Gasteiger partial charge in [-0.3, -0.25) is 14.9 Å². The lowest BCUT2D eigenvalue weighted by atomic mass is 9.68. The van der Waals surface area contributed by atoms with Crippen molar-refractivity contribution < 1.29 is 9.59 Å². The molecule has 1 spiro atoms. The SMILES string of the molecule is O=C1NC(=O)C12CCCCC2. The summed E-state index contributed by atoms with van der Waals surface area (Å²) in [6.45, 7) is 0. The highest BCUT2D eigenvalue weighted by molar-refractivity contribution is 6.21. The number of carbonyl (C=O) groups is 2. The van der Waals surface area contributed by atoms with E-state index in [1.807, 2.05) is 0 Å². The van der Waals surface area contributed by atoms with Crippen LogP contribution in [0.25, 0.3) is 0 Å². The Morgan fingerprint density at radius 3 is 1.91 bits per heavy atom. The van der Waals surface area contributed by atoms with Crippen LogP contribution >= 0.6 is 0 Å². The largest absolute Gasteiger partial charge is 0.295 e. The molecule has 1 heterocycles. The van der Waals surface area contributed by atoms with Crippen LogP contribution in [-0.4, -0.2) is 11.8 Å². The topological polar surface area (TPSA) is 46.2 Å². The number of nitrogens with one attached hydrogen (secondary N) is 1. The van der Waals surface area contributed by atoms with E-state index in [2.05, 4.69) is 5.32 Å². The molecule has 1 saturated carbocycles. The van der Waals surface area contributed by atoms with E-state index in [4.69, 9.17) is 0 Å². The zero-order valence-electron chi connectivity index (χ0n) is 6.35. The molecule has 1 N–H and O–H groups in total. The van der Waals surface area contributed by atoms with Gasteiger partial charge in [0.1, 0.15) is 5.41 Å². The second-order valence-electron chi connectivity index (χ2n) is 3.43. The summed E-state index contributed by atoms with van der Waals surface area (Å²) < 4.78 is 0. The van der Waals surface area contributed by atoms with Gasteiger partial charge in [-0.25, -0.2) is 0 Å². The second kappa shape index (κ2) is 2.06. The first-order chi connectivity index (χ1) is 5.26. The van der Waals surface area contributed by atoms with Crippen molar-refractivity contribution in [3.8, 4) is 0 Å². The molecule has 0 unspecified atom stereocenters. The van der Waals surface area contributed by atoms with Crippen molar-refractivity contribution in [3.05, 3.63) is 0 Å². The maximum atomic E-state index is 11.1. The Balaban J connectivity index is 2.19. The highest BCUT2D eigenvalue weighted by Crippen LogP contribution is 2.41. The molecule has 1 saturated heterocycles. The van der Waals surface area contributed by atoms with Gasteiger partial charge < -0.3 is 0 Å². The first kappa shape index (κ1) is 6.83. The molecule has 2 aliphatic rings. The second-order valence-corrected chi connectivity index (χ2v) is 3.43. The van der Waals surface area contributed by atoms with Gasteiger partial charge in [-0.2, -0.15) is 0 Å². The summed E-state index contributed by atoms with van der Waals surface area (Å²) in [6.07, 6.45) is 4.77. The molecule has 0 radical (unpaired) electrons. The van der Waals surface area contributed by atoms with Gasteiger partial charge in [0.05, 0.1) is 0 Å². The molecule has 2 fully saturated rings. The van der Waals surface area contributed by atoms with Crippen molar-refractivity contribution in [1.29, 1.82) is 0 Å². The number of carbonyl (C=O) groups excluding carboxylic acids is 2. The predicted molar refractivity (Wildman–Crippen MR) is 38.7 cm³/mol. The van der Waals surface area contributed by atoms with Crippen LogP contribution in [0.4, 0.5) is 0 Å². The minimum absolute atomic E-state index is 0.0396. The Labute approximate surface area is 65.2 Å². The van der Waals surface area contributed by atoms with Crippen LogP contribution in [0.5, 0.6) is 0 Å². The van der Waals surface area contributed by atoms with Crippen molar-refractivity contribution in [2.45, 2.75) is 32.1 Å². The Morgan fingerprint density at radius 1 is 1.00 bits per heavy atom. The molecule has 2 amide bonds. The van der Waals surface area contributed by atoms with Crippen LogP contribution < -0.4 is 5.32 Å². The molecule has 3 heteroatoms. The van der Waals surface area contributed by atoms with Crippen LogP contribution in [0.2, 0.25) is 0 Å². The highest BCUT2D eigenvalue weighted by Gasteiger charge is 2.54. The highest BCUT2D eigenvalue weighted by atomic mass is 16.2. The fourth-order valence-corrected chi connectivity index (χ4v) is 1.99. The van der Waals surface area contributed by atoms with Crippen LogP contribution in [0, 0.1) is 5.41 Å².